The summed E-state index contributed by atoms with van der Waals surface area (Å²) in [4.78, 5) is 18.2. The standard InChI is InChI=1S/C60H42N4.3C9H7NO.Al/c1-5-17-45(18-6-1)61(51-37-39-59-55(41-51)53-25-13-15-27-57(53)63(59)47-21-9-3-10-22-47)49-33-29-43(30-34-49)44-31-35-50(36-32-44)62(46-19-7-2-8-20-46)52-38-40-60-56(42-52)54-26-14-16-28-58(54)64(60)48-23-11-4-12-24-48;3*11-8-5-1-3-7-4-2-6-10-9(7)8;/h1-42H;3*1-6,11H;/q;;;;+3/p-3. The average molecular weight is 1280 g/mol. The molecule has 0 saturated carbocycles. The molecule has 11 heteroatoms. The first kappa shape index (κ1) is 59.0. The van der Waals surface area contributed by atoms with Crippen molar-refractivity contribution in [2.24, 2.45) is 0 Å². The lowest BCUT2D eigenvalue weighted by Crippen LogP contribution is -2.37. The zero-order valence-electron chi connectivity index (χ0n) is 53.1. The Morgan fingerprint density at radius 2 is 0.551 bits per heavy atom. The van der Waals surface area contributed by atoms with Crippen molar-refractivity contribution in [1.82, 2.24) is 24.1 Å². The van der Waals surface area contributed by atoms with Crippen LogP contribution in [0.1, 0.15) is 0 Å². The minimum atomic E-state index is -2.86. The van der Waals surface area contributed by atoms with E-state index in [1.807, 2.05) is 91.0 Å². The molecule has 0 saturated heterocycles. The Hall–Kier alpha value is -12.8. The van der Waals surface area contributed by atoms with E-state index >= 15 is 0 Å². The van der Waals surface area contributed by atoms with Crippen LogP contribution >= 0.6 is 0 Å². The van der Waals surface area contributed by atoms with Gasteiger partial charge >= 0.3 is 15.1 Å². The summed E-state index contributed by atoms with van der Waals surface area (Å²) in [5.41, 5.74) is 18.3. The Morgan fingerprint density at radius 1 is 0.245 bits per heavy atom. The van der Waals surface area contributed by atoms with E-state index in [0.29, 0.717) is 17.2 Å². The zero-order chi connectivity index (χ0) is 65.1. The molecule has 18 rings (SSSR count). The van der Waals surface area contributed by atoms with Gasteiger partial charge in [0.05, 0.1) is 22.1 Å². The van der Waals surface area contributed by atoms with Crippen LogP contribution in [0.25, 0.3) is 98.8 Å². The summed E-state index contributed by atoms with van der Waals surface area (Å²) in [7, 11) is 0. The predicted octanol–water partition coefficient (Wildman–Crippen LogP) is 22.3. The van der Waals surface area contributed by atoms with Crippen molar-refractivity contribution < 1.29 is 11.4 Å². The molecule has 18 aromatic rings. The van der Waals surface area contributed by atoms with Gasteiger partial charge in [0.2, 0.25) is 0 Å². The highest BCUT2D eigenvalue weighted by Gasteiger charge is 2.46. The number of hydrogen-bond acceptors (Lipinski definition) is 8. The van der Waals surface area contributed by atoms with Crippen LogP contribution in [0, 0.1) is 0 Å². The van der Waals surface area contributed by atoms with E-state index in [2.05, 4.69) is 289 Å². The second kappa shape index (κ2) is 26.2. The molecule has 0 radical (unpaired) electrons. The number of hydrogen-bond donors (Lipinski definition) is 0. The third-order valence-corrected chi connectivity index (χ3v) is 19.3. The SMILES string of the molecule is c1ccc(N(c2ccc(-c3ccc(N(c4ccccc4)c4ccc5c(c4)c4ccccc4n5-c4ccccc4)cc3)cc2)c2ccc3c(c2)c2ccccc2n3-c2ccccc2)cc1.c1cnc2c([O][Al]([O]c3cccc4cccnc34)[O]c3cccc4cccnc34)cccc2c1. The molecule has 0 amide bonds. The Kier molecular flexibility index (Phi) is 15.8. The molecule has 0 atom stereocenters. The number of fused-ring (bicyclic) bond motifs is 9. The van der Waals surface area contributed by atoms with Crippen molar-refractivity contribution in [1.29, 1.82) is 0 Å². The summed E-state index contributed by atoms with van der Waals surface area (Å²) >= 11 is -2.86. The first-order valence-electron chi connectivity index (χ1n) is 32.7. The van der Waals surface area contributed by atoms with Crippen LogP contribution in [0.15, 0.2) is 364 Å². The molecule has 464 valence electrons. The Bertz CT molecular complexity index is 5430. The number of rotatable bonds is 15. The van der Waals surface area contributed by atoms with Crippen molar-refractivity contribution in [3.63, 3.8) is 0 Å². The molecule has 0 N–H and O–H groups in total. The Balaban J connectivity index is 0.000000178. The summed E-state index contributed by atoms with van der Waals surface area (Å²) in [5, 5.41) is 7.84. The van der Waals surface area contributed by atoms with E-state index in [1.165, 1.54) is 43.6 Å². The first-order chi connectivity index (χ1) is 48.6. The van der Waals surface area contributed by atoms with Crippen LogP contribution in [0.2, 0.25) is 0 Å². The third kappa shape index (κ3) is 11.4. The van der Waals surface area contributed by atoms with Gasteiger partial charge in [0.15, 0.2) is 0 Å². The molecule has 98 heavy (non-hydrogen) atoms. The predicted molar refractivity (Wildman–Crippen MR) is 403 cm³/mol. The van der Waals surface area contributed by atoms with Crippen molar-refractivity contribution >= 4 is 126 Å². The maximum atomic E-state index is 6.41. The van der Waals surface area contributed by atoms with Gasteiger partial charge in [0.1, 0.15) is 33.8 Å². The van der Waals surface area contributed by atoms with E-state index < -0.39 is 15.1 Å². The molecule has 0 unspecified atom stereocenters. The molecule has 5 heterocycles. The van der Waals surface area contributed by atoms with E-state index in [4.69, 9.17) is 11.4 Å². The number of para-hydroxylation sites is 9. The largest absolute Gasteiger partial charge is 1.20 e. The van der Waals surface area contributed by atoms with Crippen LogP contribution in [-0.2, 0) is 0 Å². The van der Waals surface area contributed by atoms with Crippen molar-refractivity contribution in [3.05, 3.63) is 364 Å². The quantitative estimate of drug-likeness (QED) is 0.0939. The van der Waals surface area contributed by atoms with Crippen molar-refractivity contribution in [2.75, 3.05) is 9.80 Å². The molecule has 0 spiro atoms. The zero-order valence-corrected chi connectivity index (χ0v) is 54.2. The van der Waals surface area contributed by atoms with E-state index in [1.54, 1.807) is 18.6 Å². The highest BCUT2D eigenvalue weighted by atomic mass is 27.3. The fourth-order valence-electron chi connectivity index (χ4n) is 13.5. The molecule has 0 aliphatic carbocycles. The van der Waals surface area contributed by atoms with Gasteiger partial charge in [-0.25, -0.2) is 0 Å². The molecule has 0 bridgehead atoms. The smallest absolute Gasteiger partial charge is 0.576 e. The fraction of sp³-hybridized carbons (Fsp3) is 0. The van der Waals surface area contributed by atoms with E-state index in [9.17, 15) is 0 Å². The van der Waals surface area contributed by atoms with Crippen LogP contribution < -0.4 is 21.2 Å². The lowest BCUT2D eigenvalue weighted by Gasteiger charge is -2.26. The molecule has 0 aliphatic heterocycles. The van der Waals surface area contributed by atoms with Gasteiger partial charge in [-0.2, -0.15) is 0 Å². The topological polar surface area (TPSA) is 82.7 Å². The van der Waals surface area contributed by atoms with E-state index in [-0.39, 0.29) is 0 Å². The maximum absolute atomic E-state index is 6.41. The molecular formula is C87H60AlN7O3. The average Bonchev–Trinajstić information content (AvgIpc) is 1.63. The van der Waals surface area contributed by atoms with Gasteiger partial charge in [0.25, 0.3) is 0 Å². The number of aromatic nitrogens is 5. The highest BCUT2D eigenvalue weighted by Crippen LogP contribution is 2.43. The number of benzene rings is 13. The lowest BCUT2D eigenvalue weighted by atomic mass is 10.0. The molecular weight excluding hydrogens is 1220 g/mol. The van der Waals surface area contributed by atoms with Gasteiger partial charge < -0.3 is 30.3 Å². The molecule has 5 aromatic heterocycles. The molecule has 0 fully saturated rings. The normalized spacial score (nSPS) is 11.3. The van der Waals surface area contributed by atoms with Crippen LogP contribution in [-0.4, -0.2) is 39.2 Å². The Labute approximate surface area is 571 Å². The maximum Gasteiger partial charge on any atom is 1.20 e. The lowest BCUT2D eigenvalue weighted by molar-refractivity contribution is 0.311. The van der Waals surface area contributed by atoms with Crippen LogP contribution in [0.3, 0.4) is 0 Å². The fourth-order valence-corrected chi connectivity index (χ4v) is 14.8. The summed E-state index contributed by atoms with van der Waals surface area (Å²) in [6.45, 7) is 0. The van der Waals surface area contributed by atoms with Gasteiger partial charge in [-0.15, -0.1) is 0 Å². The summed E-state index contributed by atoms with van der Waals surface area (Å²) in [6, 6.07) is 121. The number of nitrogens with zero attached hydrogens (tertiary/aromatic N) is 7. The van der Waals surface area contributed by atoms with Crippen LogP contribution in [0.4, 0.5) is 34.1 Å². The minimum Gasteiger partial charge on any atom is -0.576 e. The van der Waals surface area contributed by atoms with Crippen molar-refractivity contribution in [2.45, 2.75) is 0 Å². The Morgan fingerprint density at radius 3 is 0.929 bits per heavy atom. The van der Waals surface area contributed by atoms with E-state index in [0.717, 1.165) is 89.3 Å². The molecule has 0 aliphatic rings. The second-order valence-corrected chi connectivity index (χ2v) is 25.1. The first-order valence-corrected chi connectivity index (χ1v) is 34.1. The minimum absolute atomic E-state index is 0.608. The molecule has 10 nitrogen and oxygen atoms in total. The number of pyridine rings is 3. The highest BCUT2D eigenvalue weighted by molar-refractivity contribution is 6.40. The summed E-state index contributed by atoms with van der Waals surface area (Å²) < 4.78 is 24.0. The van der Waals surface area contributed by atoms with Gasteiger partial charge in [-0.3, -0.25) is 15.0 Å². The summed E-state index contributed by atoms with van der Waals surface area (Å²) in [6.07, 6.45) is 5.24. The van der Waals surface area contributed by atoms with Crippen molar-refractivity contribution in [3.8, 4) is 39.8 Å². The van der Waals surface area contributed by atoms with Gasteiger partial charge in [-0.1, -0.05) is 188 Å². The third-order valence-electron chi connectivity index (χ3n) is 17.9. The summed E-state index contributed by atoms with van der Waals surface area (Å²) in [5.74, 6) is 1.82. The monoisotopic (exact) mass is 1280 g/mol. The second-order valence-electron chi connectivity index (χ2n) is 23.9. The van der Waals surface area contributed by atoms with Crippen LogP contribution in [0.5, 0.6) is 17.2 Å². The van der Waals surface area contributed by atoms with Gasteiger partial charge in [-0.05, 0) is 169 Å². The van der Waals surface area contributed by atoms with Gasteiger partial charge in [0, 0.05) is 102 Å². The molecule has 13 aromatic carbocycles. The number of anilines is 6.